The fraction of sp³-hybridized carbons (Fsp3) is 0.447. The summed E-state index contributed by atoms with van der Waals surface area (Å²) in [5.74, 6) is -1.93. The molecule has 54 heavy (non-hydrogen) atoms. The molecule has 0 aromatic heterocycles. The zero-order valence-electron chi connectivity index (χ0n) is 30.3. The van der Waals surface area contributed by atoms with Gasteiger partial charge in [-0.3, -0.25) is 18.4 Å². The Labute approximate surface area is 313 Å². The Morgan fingerprint density at radius 3 is 1.94 bits per heavy atom. The van der Waals surface area contributed by atoms with Crippen molar-refractivity contribution in [3.8, 4) is 11.1 Å². The first kappa shape index (κ1) is 40.4. The molecule has 0 bridgehead atoms. The van der Waals surface area contributed by atoms with E-state index in [4.69, 9.17) is 37.3 Å². The van der Waals surface area contributed by atoms with E-state index in [-0.39, 0.29) is 31.3 Å². The number of carbonyl (C=O) groups excluding carboxylic acids is 3. The van der Waals surface area contributed by atoms with Crippen molar-refractivity contribution in [2.75, 3.05) is 26.4 Å². The highest BCUT2D eigenvalue weighted by molar-refractivity contribution is 7.48. The van der Waals surface area contributed by atoms with Crippen molar-refractivity contribution < 1.29 is 56.2 Å². The molecule has 3 aromatic carbocycles. The van der Waals surface area contributed by atoms with Crippen LogP contribution in [0.15, 0.2) is 84.0 Å². The van der Waals surface area contributed by atoms with Crippen LogP contribution < -0.4 is 0 Å². The molecular weight excluding hydrogens is 721 g/mol. The lowest BCUT2D eigenvalue weighted by atomic mass is 9.97. The van der Waals surface area contributed by atoms with Crippen LogP contribution in [0.1, 0.15) is 73.9 Å². The van der Waals surface area contributed by atoms with E-state index >= 15 is 0 Å². The molecule has 1 aliphatic heterocycles. The highest BCUT2D eigenvalue weighted by Crippen LogP contribution is 2.53. The minimum atomic E-state index is -4.40. The summed E-state index contributed by atoms with van der Waals surface area (Å²) in [6.07, 6.45) is -4.85. The lowest BCUT2D eigenvalue weighted by molar-refractivity contribution is -0.250. The van der Waals surface area contributed by atoms with Gasteiger partial charge in [-0.1, -0.05) is 98.5 Å². The summed E-state index contributed by atoms with van der Waals surface area (Å²) in [4.78, 5) is 41.9. The second-order valence-corrected chi connectivity index (χ2v) is 14.2. The predicted molar refractivity (Wildman–Crippen MR) is 194 cm³/mol. The van der Waals surface area contributed by atoms with E-state index in [1.807, 2.05) is 62.4 Å². The Kier molecular flexibility index (Phi) is 14.6. The third-order valence-corrected chi connectivity index (χ3v) is 10.2. The van der Waals surface area contributed by atoms with E-state index in [0.29, 0.717) is 25.7 Å². The minimum Gasteiger partial charge on any atom is -0.456 e. The van der Waals surface area contributed by atoms with Crippen LogP contribution in [0.4, 0.5) is 4.79 Å². The fourth-order valence-corrected chi connectivity index (χ4v) is 7.51. The second kappa shape index (κ2) is 19.5. The number of ether oxygens (including phenoxy) is 5. The number of phosphoric ester groups is 1. The number of hydrogen-bond acceptors (Lipinski definition) is 13. The van der Waals surface area contributed by atoms with Crippen molar-refractivity contribution in [3.05, 3.63) is 106 Å². The molecule has 5 atom stereocenters. The number of unbranched alkanes of at least 4 members (excludes halogenated alkanes) is 2. The number of phosphoric acid groups is 1. The minimum absolute atomic E-state index is 0.00955. The average Bonchev–Trinajstić information content (AvgIpc) is 3.49. The maximum Gasteiger partial charge on any atom is 0.508 e. The van der Waals surface area contributed by atoms with E-state index in [2.05, 4.69) is 10.0 Å². The van der Waals surface area contributed by atoms with Gasteiger partial charge in [0.25, 0.3) is 0 Å². The summed E-state index contributed by atoms with van der Waals surface area (Å²) < 4.78 is 59.6. The zero-order valence-corrected chi connectivity index (χ0v) is 31.2. The molecule has 1 fully saturated rings. The van der Waals surface area contributed by atoms with E-state index in [1.54, 1.807) is 18.2 Å². The van der Waals surface area contributed by atoms with Gasteiger partial charge in [0.2, 0.25) is 0 Å². The third-order valence-electron chi connectivity index (χ3n) is 8.78. The molecule has 15 nitrogen and oxygen atoms in total. The number of fused-ring (bicyclic) bond motifs is 3. The molecule has 0 radical (unpaired) electrons. The van der Waals surface area contributed by atoms with Gasteiger partial charge in [-0.2, -0.15) is 0 Å². The van der Waals surface area contributed by atoms with Crippen LogP contribution in [0.3, 0.4) is 0 Å². The first-order valence-electron chi connectivity index (χ1n) is 17.9. The number of esters is 2. The van der Waals surface area contributed by atoms with Crippen molar-refractivity contribution in [2.45, 2.75) is 83.0 Å². The molecule has 288 valence electrons. The normalized spacial score (nSPS) is 20.5. The third kappa shape index (κ3) is 10.3. The Morgan fingerprint density at radius 2 is 1.37 bits per heavy atom. The van der Waals surface area contributed by atoms with Gasteiger partial charge in [-0.25, -0.2) is 14.2 Å². The number of nitrogens with zero attached hydrogens (tertiary/aromatic N) is 3. The van der Waals surface area contributed by atoms with Crippen LogP contribution >= 0.6 is 7.82 Å². The molecule has 16 heteroatoms. The maximum atomic E-state index is 14.0. The summed E-state index contributed by atoms with van der Waals surface area (Å²) >= 11 is 0. The first-order chi connectivity index (χ1) is 26.2. The van der Waals surface area contributed by atoms with Crippen molar-refractivity contribution >= 4 is 25.9 Å². The van der Waals surface area contributed by atoms with Crippen LogP contribution in [-0.4, -0.2) is 75.2 Å². The lowest BCUT2D eigenvalue weighted by Gasteiger charge is -2.43. The summed E-state index contributed by atoms with van der Waals surface area (Å²) in [5.41, 5.74) is 13.8. The van der Waals surface area contributed by atoms with Crippen molar-refractivity contribution in [1.82, 2.24) is 0 Å². The summed E-state index contributed by atoms with van der Waals surface area (Å²) in [6.45, 7) is 4.30. The maximum absolute atomic E-state index is 14.0. The second-order valence-electron chi connectivity index (χ2n) is 12.6. The van der Waals surface area contributed by atoms with Gasteiger partial charge in [0.15, 0.2) is 18.5 Å². The molecule has 2 aliphatic rings. The van der Waals surface area contributed by atoms with Crippen molar-refractivity contribution in [3.63, 3.8) is 0 Å². The van der Waals surface area contributed by atoms with Crippen LogP contribution in [-0.2, 0) is 46.6 Å². The van der Waals surface area contributed by atoms with Gasteiger partial charge in [0.05, 0.1) is 18.8 Å². The van der Waals surface area contributed by atoms with E-state index in [1.165, 1.54) is 12.1 Å². The molecule has 5 rings (SSSR count). The molecule has 0 N–H and O–H groups in total. The van der Waals surface area contributed by atoms with Gasteiger partial charge in [-0.05, 0) is 52.8 Å². The summed E-state index contributed by atoms with van der Waals surface area (Å²) in [7, 11) is -4.40. The summed E-state index contributed by atoms with van der Waals surface area (Å²) in [5, 5.41) is 3.77. The molecule has 1 saturated heterocycles. The Bertz CT molecular complexity index is 1780. The van der Waals surface area contributed by atoms with E-state index in [0.717, 1.165) is 29.2 Å². The van der Waals surface area contributed by atoms with Gasteiger partial charge in [-0.15, -0.1) is 0 Å². The van der Waals surface area contributed by atoms with Crippen LogP contribution in [0, 0.1) is 0 Å². The quantitative estimate of drug-likeness (QED) is 0.0229. The number of benzene rings is 3. The predicted octanol–water partition coefficient (Wildman–Crippen LogP) is 8.27. The standard InChI is InChI=1S/C38H44N3O12P/c1-4-6-21-48-54(45,49-22-7-5-2)53-37-33(40-41-39)35(52-36(43)26-15-9-8-10-16-26)34(50-25(3)42)32(51-37)24-47-38(44)46-23-31-29-19-13-11-17-27(29)28-18-12-14-20-30(28)31/h8-20,31-35,37H,4-7,21-24H2,1-3H3/t32-,33-,34+,35-,37+/m1/s1. The number of carbonyl (C=O) groups is 3. The van der Waals surface area contributed by atoms with E-state index in [9.17, 15) is 24.5 Å². The number of hydrogen-bond donors (Lipinski definition) is 0. The SMILES string of the molecule is CCCCOP(=O)(OCCCC)O[C@@H]1O[C@H](COC(=O)OCC2c3ccccc3-c3ccccc32)[C@H](OC(C)=O)[C@H](OC(=O)c2ccccc2)[C@H]1N=[N+]=[N-]. The van der Waals surface area contributed by atoms with Gasteiger partial charge in [0, 0.05) is 17.8 Å². The first-order valence-corrected chi connectivity index (χ1v) is 19.3. The van der Waals surface area contributed by atoms with Crippen LogP contribution in [0.2, 0.25) is 0 Å². The highest BCUT2D eigenvalue weighted by Gasteiger charge is 2.53. The van der Waals surface area contributed by atoms with E-state index < -0.39 is 63.2 Å². The summed E-state index contributed by atoms with van der Waals surface area (Å²) in [6, 6.07) is 22.0. The highest BCUT2D eigenvalue weighted by atomic mass is 31.2. The molecule has 0 saturated carbocycles. The topological polar surface area (TPSA) is 191 Å². The number of azide groups is 1. The van der Waals surface area contributed by atoms with Crippen LogP contribution in [0.5, 0.6) is 0 Å². The smallest absolute Gasteiger partial charge is 0.456 e. The average molecular weight is 766 g/mol. The molecule has 0 spiro atoms. The largest absolute Gasteiger partial charge is 0.508 e. The van der Waals surface area contributed by atoms with Crippen molar-refractivity contribution in [2.24, 2.45) is 5.11 Å². The molecule has 1 heterocycles. The fourth-order valence-electron chi connectivity index (χ4n) is 6.18. The Morgan fingerprint density at radius 1 is 0.796 bits per heavy atom. The van der Waals surface area contributed by atoms with Crippen molar-refractivity contribution in [1.29, 1.82) is 0 Å². The zero-order chi connectivity index (χ0) is 38.5. The Balaban J connectivity index is 1.40. The lowest BCUT2D eigenvalue weighted by Crippen LogP contribution is -2.61. The molecule has 1 aliphatic carbocycles. The molecule has 0 unspecified atom stereocenters. The monoisotopic (exact) mass is 765 g/mol. The molecule has 0 amide bonds. The molecule has 3 aromatic rings. The Hall–Kier alpha value is -4.75. The van der Waals surface area contributed by atoms with Gasteiger partial charge in [0.1, 0.15) is 25.4 Å². The van der Waals surface area contributed by atoms with Crippen LogP contribution in [0.25, 0.3) is 21.6 Å². The van der Waals surface area contributed by atoms with Gasteiger partial charge >= 0.3 is 25.9 Å². The van der Waals surface area contributed by atoms with Gasteiger partial charge < -0.3 is 23.7 Å². The number of rotatable bonds is 18. The molecular formula is C38H44N3O12P.